The van der Waals surface area contributed by atoms with Gasteiger partial charge in [-0.05, 0) is 44.8 Å². The number of hydrogen-bond donors (Lipinski definition) is 2. The smallest absolute Gasteiger partial charge is 0.0767 e. The fraction of sp³-hybridized carbons (Fsp3) is 0.625. The van der Waals surface area contributed by atoms with Crippen molar-refractivity contribution in [1.29, 1.82) is 0 Å². The van der Waals surface area contributed by atoms with Crippen LogP contribution >= 0.6 is 0 Å². The zero-order valence-electron chi connectivity index (χ0n) is 12.3. The Morgan fingerprint density at radius 1 is 1.21 bits per heavy atom. The zero-order chi connectivity index (χ0) is 14.1. The van der Waals surface area contributed by atoms with E-state index in [1.165, 1.54) is 5.56 Å². The minimum absolute atomic E-state index is 0.358. The maximum atomic E-state index is 10.1. The van der Waals surface area contributed by atoms with Gasteiger partial charge in [-0.3, -0.25) is 0 Å². The van der Waals surface area contributed by atoms with Crippen LogP contribution in [0.25, 0.3) is 0 Å². The molecule has 3 N–H and O–H groups in total. The molecule has 3 heteroatoms. The number of rotatable bonds is 9. The molecule has 0 amide bonds. The number of hydrogen-bond acceptors (Lipinski definition) is 3. The Kier molecular flexibility index (Phi) is 7.06. The average Bonchev–Trinajstić information content (AvgIpc) is 2.46. The summed E-state index contributed by atoms with van der Waals surface area (Å²) in [6.07, 6.45) is 3.59. The van der Waals surface area contributed by atoms with Crippen LogP contribution < -0.4 is 5.73 Å². The molecule has 0 aliphatic rings. The molecule has 1 atom stereocenters. The van der Waals surface area contributed by atoms with Gasteiger partial charge >= 0.3 is 0 Å². The van der Waals surface area contributed by atoms with Crippen molar-refractivity contribution < 1.29 is 5.11 Å². The first-order valence-electron chi connectivity index (χ1n) is 7.24. The molecule has 1 unspecified atom stereocenters. The first kappa shape index (κ1) is 16.2. The molecule has 0 aliphatic carbocycles. The van der Waals surface area contributed by atoms with Gasteiger partial charge in [-0.1, -0.05) is 37.3 Å². The van der Waals surface area contributed by atoms with Gasteiger partial charge < -0.3 is 15.7 Å². The summed E-state index contributed by atoms with van der Waals surface area (Å²) < 4.78 is 0. The van der Waals surface area contributed by atoms with Crippen LogP contribution in [0.2, 0.25) is 0 Å². The summed E-state index contributed by atoms with van der Waals surface area (Å²) in [7, 11) is 2.14. The van der Waals surface area contributed by atoms with E-state index >= 15 is 0 Å². The lowest BCUT2D eigenvalue weighted by molar-refractivity contribution is 0.0323. The maximum absolute atomic E-state index is 10.1. The number of benzene rings is 1. The highest BCUT2D eigenvalue weighted by Crippen LogP contribution is 2.15. The predicted molar refractivity (Wildman–Crippen MR) is 81.2 cm³/mol. The van der Waals surface area contributed by atoms with Gasteiger partial charge in [-0.15, -0.1) is 0 Å². The minimum atomic E-state index is -0.666. The third-order valence-electron chi connectivity index (χ3n) is 3.85. The van der Waals surface area contributed by atoms with E-state index in [1.54, 1.807) is 0 Å². The second-order valence-corrected chi connectivity index (χ2v) is 5.42. The minimum Gasteiger partial charge on any atom is -0.389 e. The normalized spacial score (nSPS) is 14.6. The summed E-state index contributed by atoms with van der Waals surface area (Å²) in [4.78, 5) is 2.32. The molecule has 1 aromatic carbocycles. The molecule has 0 heterocycles. The Bertz CT molecular complexity index is 336. The van der Waals surface area contributed by atoms with Crippen molar-refractivity contribution in [2.24, 2.45) is 5.73 Å². The van der Waals surface area contributed by atoms with Gasteiger partial charge in [0.2, 0.25) is 0 Å². The van der Waals surface area contributed by atoms with Gasteiger partial charge in [-0.2, -0.15) is 0 Å². The van der Waals surface area contributed by atoms with E-state index in [1.807, 2.05) is 13.0 Å². The van der Waals surface area contributed by atoms with Crippen molar-refractivity contribution in [2.75, 3.05) is 26.7 Å². The van der Waals surface area contributed by atoms with E-state index in [9.17, 15) is 5.11 Å². The van der Waals surface area contributed by atoms with E-state index < -0.39 is 5.60 Å². The van der Waals surface area contributed by atoms with E-state index in [-0.39, 0.29) is 0 Å². The topological polar surface area (TPSA) is 49.5 Å². The van der Waals surface area contributed by atoms with E-state index in [4.69, 9.17) is 5.73 Å². The van der Waals surface area contributed by atoms with Crippen molar-refractivity contribution in [3.8, 4) is 0 Å². The van der Waals surface area contributed by atoms with Crippen LogP contribution in [0, 0.1) is 0 Å². The zero-order valence-corrected chi connectivity index (χ0v) is 12.3. The summed E-state index contributed by atoms with van der Waals surface area (Å²) in [5.74, 6) is 0. The second kappa shape index (κ2) is 8.31. The standard InChI is InChI=1S/C16H28N2O/c1-3-16(19,14-17)11-7-12-18(2)13-10-15-8-5-4-6-9-15/h4-6,8-9,19H,3,7,10-14,17H2,1-2H3. The highest BCUT2D eigenvalue weighted by atomic mass is 16.3. The first-order chi connectivity index (χ1) is 9.09. The fourth-order valence-corrected chi connectivity index (χ4v) is 2.18. The highest BCUT2D eigenvalue weighted by molar-refractivity contribution is 5.14. The van der Waals surface area contributed by atoms with Crippen LogP contribution in [0.4, 0.5) is 0 Å². The van der Waals surface area contributed by atoms with Crippen LogP contribution in [0.3, 0.4) is 0 Å². The van der Waals surface area contributed by atoms with E-state index in [0.717, 1.165) is 38.8 Å². The molecule has 0 aromatic heterocycles. The molecule has 0 spiro atoms. The Morgan fingerprint density at radius 3 is 2.47 bits per heavy atom. The Balaban J connectivity index is 2.20. The molecular formula is C16H28N2O. The van der Waals surface area contributed by atoms with Crippen LogP contribution in [0.15, 0.2) is 30.3 Å². The Labute approximate surface area is 117 Å². The van der Waals surface area contributed by atoms with Gasteiger partial charge in [-0.25, -0.2) is 0 Å². The summed E-state index contributed by atoms with van der Waals surface area (Å²) in [6.45, 7) is 4.41. The van der Waals surface area contributed by atoms with Gasteiger partial charge in [0.25, 0.3) is 0 Å². The first-order valence-corrected chi connectivity index (χ1v) is 7.24. The van der Waals surface area contributed by atoms with Crippen molar-refractivity contribution in [3.05, 3.63) is 35.9 Å². The molecule has 0 bridgehead atoms. The van der Waals surface area contributed by atoms with Crippen LogP contribution in [0.5, 0.6) is 0 Å². The quantitative estimate of drug-likeness (QED) is 0.717. The summed E-state index contributed by atoms with van der Waals surface area (Å²) in [5, 5.41) is 10.1. The lowest BCUT2D eigenvalue weighted by Crippen LogP contribution is -2.37. The summed E-state index contributed by atoms with van der Waals surface area (Å²) in [6, 6.07) is 10.5. The van der Waals surface area contributed by atoms with Crippen LogP contribution in [-0.4, -0.2) is 42.3 Å². The van der Waals surface area contributed by atoms with Gasteiger partial charge in [0, 0.05) is 13.1 Å². The molecular weight excluding hydrogens is 236 g/mol. The molecule has 1 rings (SSSR count). The largest absolute Gasteiger partial charge is 0.389 e. The summed E-state index contributed by atoms with van der Waals surface area (Å²) >= 11 is 0. The van der Waals surface area contributed by atoms with Crippen molar-refractivity contribution >= 4 is 0 Å². The molecule has 0 fully saturated rings. The number of nitrogens with zero attached hydrogens (tertiary/aromatic N) is 1. The molecule has 0 radical (unpaired) electrons. The van der Waals surface area contributed by atoms with Crippen molar-refractivity contribution in [1.82, 2.24) is 4.90 Å². The monoisotopic (exact) mass is 264 g/mol. The van der Waals surface area contributed by atoms with Crippen LogP contribution in [-0.2, 0) is 6.42 Å². The summed E-state index contributed by atoms with van der Waals surface area (Å²) in [5.41, 5.74) is 6.32. The molecule has 0 aliphatic heterocycles. The van der Waals surface area contributed by atoms with Crippen LogP contribution in [0.1, 0.15) is 31.7 Å². The maximum Gasteiger partial charge on any atom is 0.0767 e. The van der Waals surface area contributed by atoms with E-state index in [0.29, 0.717) is 6.54 Å². The number of aliphatic hydroxyl groups is 1. The highest BCUT2D eigenvalue weighted by Gasteiger charge is 2.21. The number of likely N-dealkylation sites (N-methyl/N-ethyl adjacent to an activating group) is 1. The van der Waals surface area contributed by atoms with E-state index in [2.05, 4.69) is 36.2 Å². The third-order valence-corrected chi connectivity index (χ3v) is 3.85. The molecule has 1 aromatic rings. The molecule has 19 heavy (non-hydrogen) atoms. The molecule has 0 saturated carbocycles. The predicted octanol–water partition coefficient (Wildman–Crippen LogP) is 2.04. The second-order valence-electron chi connectivity index (χ2n) is 5.42. The lowest BCUT2D eigenvalue weighted by atomic mass is 9.95. The SMILES string of the molecule is CCC(O)(CN)CCCN(C)CCc1ccccc1. The molecule has 108 valence electrons. The van der Waals surface area contributed by atoms with Gasteiger partial charge in [0.05, 0.1) is 5.60 Å². The van der Waals surface area contributed by atoms with Gasteiger partial charge in [0.15, 0.2) is 0 Å². The molecule has 3 nitrogen and oxygen atoms in total. The van der Waals surface area contributed by atoms with Crippen molar-refractivity contribution in [2.45, 2.75) is 38.2 Å². The Hall–Kier alpha value is -0.900. The lowest BCUT2D eigenvalue weighted by Gasteiger charge is -2.26. The van der Waals surface area contributed by atoms with Crippen molar-refractivity contribution in [3.63, 3.8) is 0 Å². The Morgan fingerprint density at radius 2 is 1.89 bits per heavy atom. The third kappa shape index (κ3) is 6.19. The molecule has 0 saturated heterocycles. The van der Waals surface area contributed by atoms with Gasteiger partial charge in [0.1, 0.15) is 0 Å². The average molecular weight is 264 g/mol. The number of nitrogens with two attached hydrogens (primary N) is 1. The fourth-order valence-electron chi connectivity index (χ4n) is 2.18.